The predicted octanol–water partition coefficient (Wildman–Crippen LogP) is 1.60. The number of hydrogen-bond acceptors (Lipinski definition) is 4. The van der Waals surface area contributed by atoms with Gasteiger partial charge in [-0.05, 0) is 25.3 Å². The van der Waals surface area contributed by atoms with Gasteiger partial charge in [-0.1, -0.05) is 6.07 Å². The molecule has 1 aliphatic heterocycles. The molecule has 0 aliphatic carbocycles. The SMILES string of the molecule is COCC(C)N1C(=O)C(C)NC1c1cccs1. The summed E-state index contributed by atoms with van der Waals surface area (Å²) in [6.45, 7) is 4.48. The third kappa shape index (κ3) is 2.36. The van der Waals surface area contributed by atoms with Crippen LogP contribution >= 0.6 is 11.3 Å². The van der Waals surface area contributed by atoms with Crippen molar-refractivity contribution in [2.45, 2.75) is 32.1 Å². The highest BCUT2D eigenvalue weighted by Crippen LogP contribution is 2.30. The van der Waals surface area contributed by atoms with Gasteiger partial charge in [-0.15, -0.1) is 11.3 Å². The molecule has 1 aromatic heterocycles. The zero-order chi connectivity index (χ0) is 12.4. The molecular formula is C12H18N2O2S. The fourth-order valence-electron chi connectivity index (χ4n) is 2.20. The summed E-state index contributed by atoms with van der Waals surface area (Å²) in [6.07, 6.45) is -0.0114. The van der Waals surface area contributed by atoms with E-state index in [9.17, 15) is 4.79 Å². The molecule has 1 aliphatic rings. The number of nitrogens with one attached hydrogen (secondary N) is 1. The van der Waals surface area contributed by atoms with Gasteiger partial charge in [0.15, 0.2) is 0 Å². The van der Waals surface area contributed by atoms with Crippen molar-refractivity contribution in [1.29, 1.82) is 0 Å². The van der Waals surface area contributed by atoms with Crippen molar-refractivity contribution in [3.8, 4) is 0 Å². The van der Waals surface area contributed by atoms with Crippen molar-refractivity contribution in [3.63, 3.8) is 0 Å². The zero-order valence-corrected chi connectivity index (χ0v) is 11.2. The van der Waals surface area contributed by atoms with Crippen molar-refractivity contribution >= 4 is 17.2 Å². The topological polar surface area (TPSA) is 41.6 Å². The fraction of sp³-hybridized carbons (Fsp3) is 0.583. The molecule has 0 spiro atoms. The minimum atomic E-state index is -0.124. The van der Waals surface area contributed by atoms with E-state index >= 15 is 0 Å². The molecule has 4 nitrogen and oxygen atoms in total. The molecule has 0 aromatic carbocycles. The van der Waals surface area contributed by atoms with Gasteiger partial charge < -0.3 is 9.64 Å². The van der Waals surface area contributed by atoms with Crippen molar-refractivity contribution in [2.75, 3.05) is 13.7 Å². The van der Waals surface area contributed by atoms with Crippen LogP contribution in [0.1, 0.15) is 24.9 Å². The smallest absolute Gasteiger partial charge is 0.241 e. The Bertz CT molecular complexity index is 380. The number of carbonyl (C=O) groups excluding carboxylic acids is 1. The van der Waals surface area contributed by atoms with E-state index in [2.05, 4.69) is 11.4 Å². The highest BCUT2D eigenvalue weighted by atomic mass is 32.1. The molecule has 0 bridgehead atoms. The van der Waals surface area contributed by atoms with E-state index in [0.717, 1.165) is 0 Å². The first kappa shape index (κ1) is 12.5. The lowest BCUT2D eigenvalue weighted by molar-refractivity contribution is -0.132. The van der Waals surface area contributed by atoms with Crippen molar-refractivity contribution in [2.24, 2.45) is 0 Å². The van der Waals surface area contributed by atoms with Gasteiger partial charge in [0.05, 0.1) is 18.7 Å². The maximum absolute atomic E-state index is 12.1. The minimum absolute atomic E-state index is 0.0114. The highest BCUT2D eigenvalue weighted by molar-refractivity contribution is 7.10. The molecule has 1 aromatic rings. The standard InChI is InChI=1S/C12H18N2O2S/c1-8(7-16-3)14-11(10-5-4-6-17-10)13-9(2)12(14)15/h4-6,8-9,11,13H,7H2,1-3H3. The summed E-state index contributed by atoms with van der Waals surface area (Å²) in [7, 11) is 1.66. The van der Waals surface area contributed by atoms with Gasteiger partial charge in [0, 0.05) is 12.0 Å². The Balaban J connectivity index is 2.22. The van der Waals surface area contributed by atoms with Crippen LogP contribution in [0.15, 0.2) is 17.5 Å². The van der Waals surface area contributed by atoms with Gasteiger partial charge in [-0.3, -0.25) is 10.1 Å². The first-order chi connectivity index (χ1) is 8.15. The number of amides is 1. The monoisotopic (exact) mass is 254 g/mol. The molecule has 0 saturated carbocycles. The van der Waals surface area contributed by atoms with Crippen molar-refractivity contribution in [1.82, 2.24) is 10.2 Å². The molecule has 1 fully saturated rings. The second kappa shape index (κ2) is 5.16. The number of thiophene rings is 1. The average molecular weight is 254 g/mol. The summed E-state index contributed by atoms with van der Waals surface area (Å²) >= 11 is 1.67. The first-order valence-electron chi connectivity index (χ1n) is 5.75. The molecule has 17 heavy (non-hydrogen) atoms. The molecule has 3 atom stereocenters. The van der Waals surface area contributed by atoms with Crippen molar-refractivity contribution in [3.05, 3.63) is 22.4 Å². The molecule has 1 saturated heterocycles. The van der Waals surface area contributed by atoms with Crippen LogP contribution in [-0.4, -0.2) is 36.6 Å². The van der Waals surface area contributed by atoms with Crippen LogP contribution in [0.25, 0.3) is 0 Å². The number of nitrogens with zero attached hydrogens (tertiary/aromatic N) is 1. The van der Waals surface area contributed by atoms with E-state index in [-0.39, 0.29) is 24.2 Å². The van der Waals surface area contributed by atoms with E-state index in [1.54, 1.807) is 18.4 Å². The lowest BCUT2D eigenvalue weighted by Crippen LogP contribution is -2.40. The van der Waals surface area contributed by atoms with Crippen molar-refractivity contribution < 1.29 is 9.53 Å². The van der Waals surface area contributed by atoms with E-state index < -0.39 is 0 Å². The Morgan fingerprint density at radius 2 is 2.41 bits per heavy atom. The third-order valence-corrected chi connectivity index (χ3v) is 3.93. The van der Waals surface area contributed by atoms with Crippen LogP contribution < -0.4 is 5.32 Å². The maximum atomic E-state index is 12.1. The Morgan fingerprint density at radius 3 is 3.00 bits per heavy atom. The zero-order valence-electron chi connectivity index (χ0n) is 10.3. The largest absolute Gasteiger partial charge is 0.383 e. The molecule has 0 radical (unpaired) electrons. The van der Waals surface area contributed by atoms with Crippen LogP contribution in [0.5, 0.6) is 0 Å². The summed E-state index contributed by atoms with van der Waals surface area (Å²) in [5.74, 6) is 0.146. The van der Waals surface area contributed by atoms with Crippen LogP contribution in [0.2, 0.25) is 0 Å². The molecule has 3 unspecified atom stereocenters. The van der Waals surface area contributed by atoms with Crippen LogP contribution in [-0.2, 0) is 9.53 Å². The Hall–Kier alpha value is -0.910. The first-order valence-corrected chi connectivity index (χ1v) is 6.63. The highest BCUT2D eigenvalue weighted by Gasteiger charge is 2.40. The summed E-state index contributed by atoms with van der Waals surface area (Å²) in [5.41, 5.74) is 0. The van der Waals surface area contributed by atoms with E-state index in [0.29, 0.717) is 6.61 Å². The lowest BCUT2D eigenvalue weighted by atomic mass is 10.2. The lowest BCUT2D eigenvalue weighted by Gasteiger charge is -2.29. The number of rotatable bonds is 4. The quantitative estimate of drug-likeness (QED) is 0.887. The molecular weight excluding hydrogens is 236 g/mol. The van der Waals surface area contributed by atoms with Gasteiger partial charge in [0.2, 0.25) is 5.91 Å². The van der Waals surface area contributed by atoms with Crippen LogP contribution in [0.3, 0.4) is 0 Å². The summed E-state index contributed by atoms with van der Waals surface area (Å²) < 4.78 is 5.15. The van der Waals surface area contributed by atoms with Crippen LogP contribution in [0.4, 0.5) is 0 Å². The normalized spacial score (nSPS) is 26.5. The molecule has 1 amide bonds. The summed E-state index contributed by atoms with van der Waals surface area (Å²) in [6, 6.07) is 4.02. The van der Waals surface area contributed by atoms with Gasteiger partial charge in [-0.25, -0.2) is 0 Å². The van der Waals surface area contributed by atoms with E-state index in [4.69, 9.17) is 4.74 Å². The average Bonchev–Trinajstić information content (AvgIpc) is 2.88. The maximum Gasteiger partial charge on any atom is 0.241 e. The molecule has 1 N–H and O–H groups in total. The minimum Gasteiger partial charge on any atom is -0.383 e. The third-order valence-electron chi connectivity index (χ3n) is 3.01. The second-order valence-electron chi connectivity index (χ2n) is 4.36. The molecule has 2 rings (SSSR count). The molecule has 2 heterocycles. The van der Waals surface area contributed by atoms with Crippen LogP contribution in [0, 0.1) is 0 Å². The number of hydrogen-bond donors (Lipinski definition) is 1. The number of carbonyl (C=O) groups is 1. The summed E-state index contributed by atoms with van der Waals surface area (Å²) in [4.78, 5) is 15.2. The van der Waals surface area contributed by atoms with Gasteiger partial charge in [-0.2, -0.15) is 0 Å². The number of ether oxygens (including phenoxy) is 1. The second-order valence-corrected chi connectivity index (χ2v) is 5.34. The Labute approximate surface area is 106 Å². The Kier molecular flexibility index (Phi) is 3.81. The van der Waals surface area contributed by atoms with Gasteiger partial charge >= 0.3 is 0 Å². The fourth-order valence-corrected chi connectivity index (χ4v) is 2.98. The molecule has 5 heteroatoms. The predicted molar refractivity (Wildman–Crippen MR) is 67.8 cm³/mol. The van der Waals surface area contributed by atoms with Gasteiger partial charge in [0.1, 0.15) is 6.17 Å². The van der Waals surface area contributed by atoms with Gasteiger partial charge in [0.25, 0.3) is 0 Å². The summed E-state index contributed by atoms with van der Waals surface area (Å²) in [5, 5.41) is 5.36. The molecule has 94 valence electrons. The van der Waals surface area contributed by atoms with E-state index in [1.165, 1.54) is 4.88 Å². The Morgan fingerprint density at radius 1 is 1.65 bits per heavy atom. The van der Waals surface area contributed by atoms with E-state index in [1.807, 2.05) is 30.2 Å². The number of methoxy groups -OCH3 is 1.